The van der Waals surface area contributed by atoms with Gasteiger partial charge in [0.1, 0.15) is 18.3 Å². The summed E-state index contributed by atoms with van der Waals surface area (Å²) >= 11 is 10.4. The van der Waals surface area contributed by atoms with Crippen LogP contribution in [0.25, 0.3) is 0 Å². The van der Waals surface area contributed by atoms with Crippen LogP contribution in [0.4, 0.5) is 10.2 Å². The van der Waals surface area contributed by atoms with Crippen molar-refractivity contribution in [1.82, 2.24) is 9.55 Å². The number of anilines is 1. The number of nitrogens with two attached hydrogens (primary N) is 1. The monoisotopic (exact) mass is 377 g/mol. The largest absolute Gasteiger partial charge is 0.387 e. The van der Waals surface area contributed by atoms with Crippen molar-refractivity contribution < 1.29 is 28.4 Å². The highest BCUT2D eigenvalue weighted by Crippen LogP contribution is 2.57. The first-order valence-corrected chi connectivity index (χ1v) is 9.23. The van der Waals surface area contributed by atoms with Gasteiger partial charge in [-0.15, -0.1) is 0 Å². The van der Waals surface area contributed by atoms with E-state index in [1.807, 2.05) is 0 Å². The Balaban J connectivity index is 2.22. The van der Waals surface area contributed by atoms with Gasteiger partial charge in [-0.3, -0.25) is 9.13 Å². The molecule has 2 rings (SSSR count). The summed E-state index contributed by atoms with van der Waals surface area (Å²) in [6, 6.07) is 0. The maximum atomic E-state index is 13.4. The SMILES string of the molecule is Nc1nc(=O)n([C@@H]2O[C@H](COP(=O)(Cl)Cl)[C@H](O)C2O)cc1F. The average Bonchev–Trinajstić information content (AvgIpc) is 2.68. The molecule has 1 unspecified atom stereocenters. The van der Waals surface area contributed by atoms with Gasteiger partial charge in [0.05, 0.1) is 12.8 Å². The molecule has 0 amide bonds. The minimum Gasteiger partial charge on any atom is -0.387 e. The second-order valence-electron chi connectivity index (χ2n) is 4.42. The molecule has 13 heteroatoms. The van der Waals surface area contributed by atoms with E-state index in [-0.39, 0.29) is 0 Å². The Morgan fingerprint density at radius 2 is 2.14 bits per heavy atom. The Labute approximate surface area is 132 Å². The molecule has 0 aromatic carbocycles. The van der Waals surface area contributed by atoms with Gasteiger partial charge in [-0.25, -0.2) is 9.18 Å². The van der Waals surface area contributed by atoms with Crippen LogP contribution in [0, 0.1) is 5.82 Å². The maximum Gasteiger partial charge on any atom is 0.380 e. The molecule has 1 aromatic rings. The highest BCUT2D eigenvalue weighted by molar-refractivity contribution is 8.05. The van der Waals surface area contributed by atoms with Crippen LogP contribution in [0.5, 0.6) is 0 Å². The summed E-state index contributed by atoms with van der Waals surface area (Å²) in [5, 5.41) is 19.7. The Morgan fingerprint density at radius 1 is 1.50 bits per heavy atom. The molecule has 1 aromatic heterocycles. The number of rotatable bonds is 4. The predicted molar refractivity (Wildman–Crippen MR) is 74.1 cm³/mol. The molecule has 1 fully saturated rings. The first-order chi connectivity index (χ1) is 10.1. The van der Waals surface area contributed by atoms with E-state index in [0.29, 0.717) is 10.8 Å². The number of nitrogens with zero attached hydrogens (tertiary/aromatic N) is 2. The molecule has 22 heavy (non-hydrogen) atoms. The molecule has 9 nitrogen and oxygen atoms in total. The van der Waals surface area contributed by atoms with Crippen LogP contribution in [0.1, 0.15) is 6.23 Å². The van der Waals surface area contributed by atoms with Crippen LogP contribution in [-0.4, -0.2) is 44.7 Å². The van der Waals surface area contributed by atoms with Gasteiger partial charge in [0.2, 0.25) is 0 Å². The van der Waals surface area contributed by atoms with E-state index in [2.05, 4.69) is 9.51 Å². The van der Waals surface area contributed by atoms with Gasteiger partial charge in [-0.2, -0.15) is 4.98 Å². The average molecular weight is 378 g/mol. The molecule has 4 atom stereocenters. The van der Waals surface area contributed by atoms with Gasteiger partial charge in [0.25, 0.3) is 0 Å². The molecule has 2 heterocycles. The third-order valence-electron chi connectivity index (χ3n) is 2.93. The van der Waals surface area contributed by atoms with Crippen molar-refractivity contribution in [3.05, 3.63) is 22.5 Å². The van der Waals surface area contributed by atoms with E-state index in [0.717, 1.165) is 0 Å². The van der Waals surface area contributed by atoms with E-state index in [4.69, 9.17) is 33.0 Å². The lowest BCUT2D eigenvalue weighted by atomic mass is 10.1. The standard InChI is InChI=1S/C9H11Cl2FN3O6P/c10-22(11,19)20-2-4-5(16)6(17)8(21-4)15-1-3(12)7(13)14-9(15)18/h1,4-6,8,16-17H,2H2,(H2,13,14,18)/t4-,5+,6?,8-/m1/s1. The first kappa shape index (κ1) is 17.6. The van der Waals surface area contributed by atoms with E-state index < -0.39 is 54.5 Å². The zero-order chi connectivity index (χ0) is 16.7. The zero-order valence-corrected chi connectivity index (χ0v) is 13.1. The fourth-order valence-electron chi connectivity index (χ4n) is 1.90. The number of hydrogen-bond acceptors (Lipinski definition) is 8. The molecule has 0 spiro atoms. The molecule has 0 radical (unpaired) electrons. The van der Waals surface area contributed by atoms with Gasteiger partial charge < -0.3 is 25.2 Å². The van der Waals surface area contributed by atoms with Crippen molar-refractivity contribution in [2.24, 2.45) is 0 Å². The molecule has 1 aliphatic rings. The minimum absolute atomic E-state index is 0.515. The van der Waals surface area contributed by atoms with Crippen molar-refractivity contribution in [2.45, 2.75) is 24.5 Å². The molecule has 0 aliphatic carbocycles. The van der Waals surface area contributed by atoms with Crippen molar-refractivity contribution in [3.63, 3.8) is 0 Å². The lowest BCUT2D eigenvalue weighted by Crippen LogP contribution is -2.36. The molecule has 1 aliphatic heterocycles. The number of aliphatic hydroxyl groups is 2. The zero-order valence-electron chi connectivity index (χ0n) is 10.7. The number of nitrogen functional groups attached to an aromatic ring is 1. The topological polar surface area (TPSA) is 137 Å². The van der Waals surface area contributed by atoms with Crippen LogP contribution >= 0.6 is 28.6 Å². The Kier molecular flexibility index (Phi) is 5.13. The van der Waals surface area contributed by atoms with E-state index in [1.54, 1.807) is 0 Å². The van der Waals surface area contributed by atoms with Crippen molar-refractivity contribution in [2.75, 3.05) is 12.3 Å². The summed E-state index contributed by atoms with van der Waals surface area (Å²) < 4.78 is 34.8. The number of hydrogen-bond donors (Lipinski definition) is 3. The van der Waals surface area contributed by atoms with Crippen molar-refractivity contribution in [1.29, 1.82) is 0 Å². The summed E-state index contributed by atoms with van der Waals surface area (Å²) in [7, 11) is 0. The van der Waals surface area contributed by atoms with Crippen LogP contribution < -0.4 is 11.4 Å². The van der Waals surface area contributed by atoms with Crippen LogP contribution in [0.3, 0.4) is 0 Å². The summed E-state index contributed by atoms with van der Waals surface area (Å²) in [6.07, 6.45) is -8.93. The Bertz CT molecular complexity index is 669. The van der Waals surface area contributed by atoms with Gasteiger partial charge in [0.15, 0.2) is 17.9 Å². The number of halogens is 3. The highest BCUT2D eigenvalue weighted by atomic mass is 35.9. The molecule has 1 saturated heterocycles. The van der Waals surface area contributed by atoms with Gasteiger partial charge in [-0.05, 0) is 22.5 Å². The van der Waals surface area contributed by atoms with Gasteiger partial charge in [-0.1, -0.05) is 0 Å². The van der Waals surface area contributed by atoms with E-state index in [9.17, 15) is 24.0 Å². The first-order valence-electron chi connectivity index (χ1n) is 5.80. The van der Waals surface area contributed by atoms with Crippen molar-refractivity contribution in [3.8, 4) is 0 Å². The predicted octanol–water partition coefficient (Wildman–Crippen LogP) is 0.186. The second-order valence-corrected chi connectivity index (χ2v) is 8.70. The normalized spacial score (nSPS) is 29.0. The van der Waals surface area contributed by atoms with Crippen LogP contribution in [0.2, 0.25) is 0 Å². The lowest BCUT2D eigenvalue weighted by molar-refractivity contribution is -0.0510. The number of aromatic nitrogens is 2. The number of ether oxygens (including phenoxy) is 1. The Hall–Kier alpha value is -0.740. The van der Waals surface area contributed by atoms with Crippen molar-refractivity contribution >= 4 is 34.4 Å². The van der Waals surface area contributed by atoms with Gasteiger partial charge >= 0.3 is 11.8 Å². The molecule has 4 N–H and O–H groups in total. The molecule has 124 valence electrons. The minimum atomic E-state index is -3.87. The summed E-state index contributed by atoms with van der Waals surface area (Å²) in [5.41, 5.74) is 4.15. The van der Waals surface area contributed by atoms with Crippen LogP contribution in [0.15, 0.2) is 11.0 Å². The maximum absolute atomic E-state index is 13.4. The number of aliphatic hydroxyl groups excluding tert-OH is 2. The van der Waals surface area contributed by atoms with E-state index in [1.165, 1.54) is 0 Å². The summed E-state index contributed by atoms with van der Waals surface area (Å²) in [6.45, 7) is -0.515. The highest BCUT2D eigenvalue weighted by Gasteiger charge is 2.45. The second kappa shape index (κ2) is 6.40. The fraction of sp³-hybridized carbons (Fsp3) is 0.556. The van der Waals surface area contributed by atoms with Crippen LogP contribution in [-0.2, 0) is 13.8 Å². The molecular formula is C9H11Cl2FN3O6P. The fourth-order valence-corrected chi connectivity index (χ4v) is 2.56. The molecular weight excluding hydrogens is 367 g/mol. The van der Waals surface area contributed by atoms with Gasteiger partial charge in [0, 0.05) is 0 Å². The quantitative estimate of drug-likeness (QED) is 0.632. The Morgan fingerprint density at radius 3 is 2.73 bits per heavy atom. The smallest absolute Gasteiger partial charge is 0.380 e. The summed E-state index contributed by atoms with van der Waals surface area (Å²) in [4.78, 5) is 14.9. The molecule has 0 bridgehead atoms. The summed E-state index contributed by atoms with van der Waals surface area (Å²) in [5.74, 6) is -1.62. The lowest BCUT2D eigenvalue weighted by Gasteiger charge is -2.17. The molecule has 0 saturated carbocycles. The third-order valence-corrected chi connectivity index (χ3v) is 3.97. The van der Waals surface area contributed by atoms with E-state index >= 15 is 0 Å². The third kappa shape index (κ3) is 3.77.